The maximum Gasteiger partial charge on any atom is 0.335 e. The predicted molar refractivity (Wildman–Crippen MR) is 148 cm³/mol. The number of carbonyl (C=O) groups is 5. The number of ether oxygens (including phenoxy) is 1. The van der Waals surface area contributed by atoms with Crippen LogP contribution in [0, 0.1) is 23.7 Å². The first-order valence-corrected chi connectivity index (χ1v) is 13.7. The maximum atomic E-state index is 14.0. The Kier molecular flexibility index (Phi) is 5.69. The van der Waals surface area contributed by atoms with Gasteiger partial charge in [0.25, 0.3) is 0 Å². The van der Waals surface area contributed by atoms with Crippen molar-refractivity contribution in [2.45, 2.75) is 26.2 Å². The number of ketones is 2. The molecule has 2 N–H and O–H groups in total. The van der Waals surface area contributed by atoms with Crippen LogP contribution in [-0.2, 0) is 25.6 Å². The number of benzene rings is 2. The van der Waals surface area contributed by atoms with Crippen LogP contribution in [0.25, 0.3) is 0 Å². The van der Waals surface area contributed by atoms with Gasteiger partial charge in [0.05, 0.1) is 29.3 Å². The molecule has 0 unspecified atom stereocenters. The minimum absolute atomic E-state index is 0.0431. The summed E-state index contributed by atoms with van der Waals surface area (Å²) in [7, 11) is 0. The third-order valence-electron chi connectivity index (χ3n) is 9.06. The first-order chi connectivity index (χ1) is 20.1. The second kappa shape index (κ2) is 9.24. The van der Waals surface area contributed by atoms with Gasteiger partial charge in [0.1, 0.15) is 11.5 Å². The number of allylic oxidation sites excluding steroid dienone is 7. The van der Waals surface area contributed by atoms with Crippen molar-refractivity contribution in [1.29, 1.82) is 0 Å². The van der Waals surface area contributed by atoms with Crippen molar-refractivity contribution in [2.75, 3.05) is 4.90 Å². The summed E-state index contributed by atoms with van der Waals surface area (Å²) in [5.74, 6) is -4.52. The lowest BCUT2D eigenvalue weighted by atomic mass is 9.58. The van der Waals surface area contributed by atoms with Crippen LogP contribution in [0.5, 0.6) is 11.5 Å². The van der Waals surface area contributed by atoms with E-state index in [0.29, 0.717) is 34.5 Å². The molecule has 210 valence electrons. The SMILES string of the molecule is CC1=CC(=O)C2=C(C[C@@H]3C(=CC[C@@H]4C(=O)N(c5cccc(C(=O)O)c5)C(=O)[C@@H]43)[C@@H]2C2=COc3ccc(O)cc3C2)C1=O. The van der Waals surface area contributed by atoms with Gasteiger partial charge in [-0.15, -0.1) is 0 Å². The number of hydrogen-bond donors (Lipinski definition) is 2. The lowest BCUT2D eigenvalue weighted by Crippen LogP contribution is -2.41. The Hall–Kier alpha value is -5.05. The highest BCUT2D eigenvalue weighted by atomic mass is 16.5. The number of aromatic carboxylic acids is 1. The average Bonchev–Trinajstić information content (AvgIpc) is 3.23. The third kappa shape index (κ3) is 3.73. The van der Waals surface area contributed by atoms with Crippen molar-refractivity contribution in [2.24, 2.45) is 23.7 Å². The van der Waals surface area contributed by atoms with Gasteiger partial charge in [0.2, 0.25) is 11.8 Å². The van der Waals surface area contributed by atoms with Crippen molar-refractivity contribution >= 4 is 35.0 Å². The number of imide groups is 1. The van der Waals surface area contributed by atoms with Crippen molar-refractivity contribution in [3.63, 3.8) is 0 Å². The zero-order chi connectivity index (χ0) is 29.4. The van der Waals surface area contributed by atoms with E-state index >= 15 is 0 Å². The number of nitrogens with zero attached hydrogens (tertiary/aromatic N) is 1. The summed E-state index contributed by atoms with van der Waals surface area (Å²) < 4.78 is 5.91. The van der Waals surface area contributed by atoms with Crippen LogP contribution in [0.15, 0.2) is 88.7 Å². The molecule has 2 aromatic carbocycles. The molecule has 7 rings (SSSR count). The van der Waals surface area contributed by atoms with Gasteiger partial charge < -0.3 is 14.9 Å². The zero-order valence-electron chi connectivity index (χ0n) is 22.5. The lowest BCUT2D eigenvalue weighted by molar-refractivity contribution is -0.123. The minimum atomic E-state index is -1.17. The van der Waals surface area contributed by atoms with Crippen molar-refractivity contribution in [3.8, 4) is 11.5 Å². The van der Waals surface area contributed by atoms with E-state index in [1.165, 1.54) is 36.4 Å². The molecule has 0 bridgehead atoms. The number of rotatable bonds is 3. The fourth-order valence-electron chi connectivity index (χ4n) is 7.22. The van der Waals surface area contributed by atoms with Gasteiger partial charge in [-0.05, 0) is 73.7 Å². The molecule has 5 aliphatic rings. The summed E-state index contributed by atoms with van der Waals surface area (Å²) in [6.45, 7) is 1.59. The molecule has 1 saturated heterocycles. The second-order valence-electron chi connectivity index (χ2n) is 11.4. The first kappa shape index (κ1) is 25.9. The van der Waals surface area contributed by atoms with E-state index in [9.17, 15) is 34.2 Å². The molecule has 2 aromatic rings. The monoisotopic (exact) mass is 563 g/mol. The summed E-state index contributed by atoms with van der Waals surface area (Å²) in [4.78, 5) is 67.3. The number of Topliss-reactive ketones (excluding diaryl/α,β-unsaturated/α-hetero) is 1. The molecule has 9 heteroatoms. The van der Waals surface area contributed by atoms with Crippen LogP contribution in [0.2, 0.25) is 0 Å². The molecule has 2 aliphatic heterocycles. The summed E-state index contributed by atoms with van der Waals surface area (Å²) in [6.07, 6.45) is 5.61. The number of hydrogen-bond acceptors (Lipinski definition) is 7. The summed E-state index contributed by atoms with van der Waals surface area (Å²) in [5, 5.41) is 19.5. The number of phenolic OH excluding ortho intramolecular Hbond substituents is 1. The molecular formula is C33H25NO8. The molecule has 9 nitrogen and oxygen atoms in total. The fraction of sp³-hybridized carbons (Fsp3) is 0.242. The Morgan fingerprint density at radius 1 is 1.02 bits per heavy atom. The molecule has 0 radical (unpaired) electrons. The number of amides is 2. The van der Waals surface area contributed by atoms with Gasteiger partial charge in [-0.2, -0.15) is 0 Å². The van der Waals surface area contributed by atoms with Crippen molar-refractivity contribution in [3.05, 3.63) is 99.9 Å². The molecule has 3 aliphatic carbocycles. The topological polar surface area (TPSA) is 138 Å². The van der Waals surface area contributed by atoms with Crippen molar-refractivity contribution < 1.29 is 38.9 Å². The summed E-state index contributed by atoms with van der Waals surface area (Å²) in [6, 6.07) is 10.5. The molecule has 0 spiro atoms. The van der Waals surface area contributed by atoms with Crippen LogP contribution >= 0.6 is 0 Å². The number of carboxylic acids is 1. The minimum Gasteiger partial charge on any atom is -0.508 e. The number of carboxylic acid groups (broad SMARTS) is 1. The maximum absolute atomic E-state index is 14.0. The summed E-state index contributed by atoms with van der Waals surface area (Å²) >= 11 is 0. The Morgan fingerprint density at radius 2 is 1.83 bits per heavy atom. The normalized spacial score (nSPS) is 26.4. The number of anilines is 1. The zero-order valence-corrected chi connectivity index (χ0v) is 22.5. The van der Waals surface area contributed by atoms with Crippen LogP contribution in [0.3, 0.4) is 0 Å². The van der Waals surface area contributed by atoms with Gasteiger partial charge >= 0.3 is 5.97 Å². The summed E-state index contributed by atoms with van der Waals surface area (Å²) in [5.41, 5.74) is 3.42. The Morgan fingerprint density at radius 3 is 2.62 bits per heavy atom. The number of aromatic hydroxyl groups is 1. The number of phenols is 1. The van der Waals surface area contributed by atoms with E-state index in [2.05, 4.69) is 0 Å². The van der Waals surface area contributed by atoms with Gasteiger partial charge in [0.15, 0.2) is 11.6 Å². The van der Waals surface area contributed by atoms with Crippen LogP contribution < -0.4 is 9.64 Å². The van der Waals surface area contributed by atoms with E-state index < -0.39 is 41.5 Å². The molecule has 1 fully saturated rings. The van der Waals surface area contributed by atoms with Crippen LogP contribution in [0.1, 0.15) is 35.7 Å². The van der Waals surface area contributed by atoms with Gasteiger partial charge in [-0.1, -0.05) is 17.7 Å². The Balaban J connectivity index is 1.32. The lowest BCUT2D eigenvalue weighted by Gasteiger charge is -2.43. The third-order valence-corrected chi connectivity index (χ3v) is 9.06. The van der Waals surface area contributed by atoms with Gasteiger partial charge in [-0.25, -0.2) is 4.79 Å². The Bertz CT molecular complexity index is 1790. The molecule has 0 aromatic heterocycles. The predicted octanol–water partition coefficient (Wildman–Crippen LogP) is 4.08. The van der Waals surface area contributed by atoms with Crippen molar-refractivity contribution in [1.82, 2.24) is 0 Å². The van der Waals surface area contributed by atoms with E-state index in [4.69, 9.17) is 4.74 Å². The van der Waals surface area contributed by atoms with E-state index in [0.717, 1.165) is 16.0 Å². The average molecular weight is 564 g/mol. The standard InChI is InChI=1S/C33H25NO8/c1-15-9-25(36)29-24(30(15)37)13-23-21(27(29)18-10-17-12-20(35)5-8-26(17)42-14-18)6-7-22-28(23)32(39)34(31(22)38)19-4-2-3-16(11-19)33(40)41/h2-6,8-9,11-12,14,22-23,27-28,35H,7,10,13H2,1H3,(H,40,41)/t22-,23+,27-,28-/m0/s1. The highest BCUT2D eigenvalue weighted by molar-refractivity contribution is 6.25. The Labute approximate surface area is 240 Å². The molecule has 2 amide bonds. The molecule has 0 saturated carbocycles. The van der Waals surface area contributed by atoms with Crippen LogP contribution in [0.4, 0.5) is 5.69 Å². The quantitative estimate of drug-likeness (QED) is 0.324. The van der Waals surface area contributed by atoms with Gasteiger partial charge in [0, 0.05) is 34.6 Å². The van der Waals surface area contributed by atoms with E-state index in [1.807, 2.05) is 6.08 Å². The largest absolute Gasteiger partial charge is 0.508 e. The second-order valence-corrected chi connectivity index (χ2v) is 11.4. The fourth-order valence-corrected chi connectivity index (χ4v) is 7.22. The number of fused-ring (bicyclic) bond motifs is 4. The van der Waals surface area contributed by atoms with Crippen LogP contribution in [-0.4, -0.2) is 39.6 Å². The molecule has 42 heavy (non-hydrogen) atoms. The molecular weight excluding hydrogens is 538 g/mol. The molecule has 4 atom stereocenters. The number of carbonyl (C=O) groups excluding carboxylic acids is 4. The van der Waals surface area contributed by atoms with E-state index in [-0.39, 0.29) is 41.4 Å². The van der Waals surface area contributed by atoms with E-state index in [1.54, 1.807) is 25.3 Å². The smallest absolute Gasteiger partial charge is 0.335 e. The highest BCUT2D eigenvalue weighted by Crippen LogP contribution is 2.55. The first-order valence-electron chi connectivity index (χ1n) is 13.7. The molecule has 2 heterocycles. The van der Waals surface area contributed by atoms with Gasteiger partial charge in [-0.3, -0.25) is 24.1 Å². The highest BCUT2D eigenvalue weighted by Gasteiger charge is 2.57.